The molecule has 156 valence electrons. The highest BCUT2D eigenvalue weighted by molar-refractivity contribution is 6.01. The molecular weight excluding hydrogens is 354 g/mol. The van der Waals surface area contributed by atoms with Crippen LogP contribution in [0.15, 0.2) is 0 Å². The van der Waals surface area contributed by atoms with Crippen molar-refractivity contribution in [3.63, 3.8) is 0 Å². The Labute approximate surface area is 168 Å². The second-order valence-electron chi connectivity index (χ2n) is 8.70. The average molecular weight is 390 g/mol. The first-order valence-electron chi connectivity index (χ1n) is 10.7. The monoisotopic (exact) mass is 389 g/mol. The number of hydrogen-bond donors (Lipinski definition) is 2. The summed E-state index contributed by atoms with van der Waals surface area (Å²) in [5.74, 6) is 2.44. The first-order chi connectivity index (χ1) is 13.4. The molecule has 7 heteroatoms. The lowest BCUT2D eigenvalue weighted by molar-refractivity contribution is -0.117. The number of nitrogens with two attached hydrogens (primary N) is 1. The molecule has 0 bridgehead atoms. The van der Waals surface area contributed by atoms with Gasteiger partial charge in [0, 0.05) is 25.3 Å². The van der Waals surface area contributed by atoms with Crippen molar-refractivity contribution in [1.82, 2.24) is 9.97 Å². The lowest BCUT2D eigenvalue weighted by Crippen LogP contribution is -2.34. The number of hydrogen-bond acceptors (Lipinski definition) is 6. The zero-order valence-corrected chi connectivity index (χ0v) is 17.6. The van der Waals surface area contributed by atoms with Crippen molar-refractivity contribution < 1.29 is 9.53 Å². The third kappa shape index (κ3) is 5.13. The maximum atomic E-state index is 12.5. The Morgan fingerprint density at radius 3 is 2.86 bits per heavy atom. The predicted octanol–water partition coefficient (Wildman–Crippen LogP) is 3.54. The summed E-state index contributed by atoms with van der Waals surface area (Å²) >= 11 is 0. The zero-order valence-electron chi connectivity index (χ0n) is 17.6. The van der Waals surface area contributed by atoms with Crippen LogP contribution in [0.4, 0.5) is 17.6 Å². The van der Waals surface area contributed by atoms with Gasteiger partial charge in [-0.2, -0.15) is 9.97 Å². The highest BCUT2D eigenvalue weighted by atomic mass is 16.5. The molecule has 1 amide bonds. The molecule has 1 unspecified atom stereocenters. The van der Waals surface area contributed by atoms with Gasteiger partial charge in [0.1, 0.15) is 11.6 Å². The van der Waals surface area contributed by atoms with E-state index in [1.165, 1.54) is 6.42 Å². The van der Waals surface area contributed by atoms with Gasteiger partial charge in [-0.3, -0.25) is 9.69 Å². The van der Waals surface area contributed by atoms with Gasteiger partial charge in [-0.05, 0) is 45.4 Å². The van der Waals surface area contributed by atoms with Gasteiger partial charge in [0.15, 0.2) is 0 Å². The molecule has 3 heterocycles. The third-order valence-corrected chi connectivity index (χ3v) is 5.76. The van der Waals surface area contributed by atoms with E-state index in [1.54, 1.807) is 4.90 Å². The minimum atomic E-state index is 0.00238. The summed E-state index contributed by atoms with van der Waals surface area (Å²) in [6, 6.07) is 0. The summed E-state index contributed by atoms with van der Waals surface area (Å²) in [6.07, 6.45) is 8.00. The Hall–Kier alpha value is -1.89. The first-order valence-corrected chi connectivity index (χ1v) is 10.7. The highest BCUT2D eigenvalue weighted by Crippen LogP contribution is 2.33. The molecule has 0 spiro atoms. The van der Waals surface area contributed by atoms with Crippen LogP contribution >= 0.6 is 0 Å². The molecule has 2 aliphatic heterocycles. The standard InChI is InChI=1S/C21H35N5O2/c1-4-5-10-23-20-24-18(22)16-13-17(27)26(19(16)25-20)11-7-6-8-15-9-12-28-21(2,3)14-15/h15H,4-14H2,1-3H3,(H3,22,23,24,25). The number of carbonyl (C=O) groups is 1. The van der Waals surface area contributed by atoms with Crippen LogP contribution in [-0.2, 0) is 16.0 Å². The zero-order chi connectivity index (χ0) is 20.1. The fraction of sp³-hybridized carbons (Fsp3) is 0.762. The van der Waals surface area contributed by atoms with Crippen molar-refractivity contribution in [1.29, 1.82) is 0 Å². The molecule has 1 saturated heterocycles. The van der Waals surface area contributed by atoms with E-state index in [4.69, 9.17) is 10.5 Å². The molecule has 7 nitrogen and oxygen atoms in total. The molecule has 1 fully saturated rings. The molecule has 28 heavy (non-hydrogen) atoms. The Kier molecular flexibility index (Phi) is 6.75. The number of nitrogens with one attached hydrogen (secondary N) is 1. The minimum absolute atomic E-state index is 0.00238. The average Bonchev–Trinajstić information content (AvgIpc) is 2.94. The molecule has 0 saturated carbocycles. The van der Waals surface area contributed by atoms with Gasteiger partial charge in [0.25, 0.3) is 0 Å². The summed E-state index contributed by atoms with van der Waals surface area (Å²) in [4.78, 5) is 23.2. The van der Waals surface area contributed by atoms with Gasteiger partial charge in [-0.15, -0.1) is 0 Å². The minimum Gasteiger partial charge on any atom is -0.383 e. The fourth-order valence-electron chi connectivity index (χ4n) is 4.24. The van der Waals surface area contributed by atoms with Crippen molar-refractivity contribution in [2.24, 2.45) is 5.92 Å². The van der Waals surface area contributed by atoms with Gasteiger partial charge in [0.05, 0.1) is 12.0 Å². The van der Waals surface area contributed by atoms with Gasteiger partial charge in [0.2, 0.25) is 11.9 Å². The van der Waals surface area contributed by atoms with Crippen LogP contribution in [-0.4, -0.2) is 41.2 Å². The summed E-state index contributed by atoms with van der Waals surface area (Å²) in [6.45, 7) is 8.86. The number of amides is 1. The van der Waals surface area contributed by atoms with E-state index in [-0.39, 0.29) is 11.5 Å². The molecule has 0 aromatic carbocycles. The Balaban J connectivity index is 1.54. The number of anilines is 3. The van der Waals surface area contributed by atoms with Crippen LogP contribution in [0.5, 0.6) is 0 Å². The van der Waals surface area contributed by atoms with Crippen LogP contribution in [0.2, 0.25) is 0 Å². The molecule has 2 aliphatic rings. The number of unbranched alkanes of at least 4 members (excludes halogenated alkanes) is 2. The number of rotatable bonds is 9. The second kappa shape index (κ2) is 9.07. The van der Waals surface area contributed by atoms with Crippen molar-refractivity contribution >= 4 is 23.5 Å². The van der Waals surface area contributed by atoms with Crippen LogP contribution in [0.3, 0.4) is 0 Å². The van der Waals surface area contributed by atoms with Crippen molar-refractivity contribution in [2.45, 2.75) is 77.7 Å². The number of fused-ring (bicyclic) bond motifs is 1. The number of nitrogens with zero attached hydrogens (tertiary/aromatic N) is 3. The molecule has 1 aromatic heterocycles. The van der Waals surface area contributed by atoms with E-state index in [9.17, 15) is 4.79 Å². The Morgan fingerprint density at radius 1 is 1.29 bits per heavy atom. The van der Waals surface area contributed by atoms with Crippen LogP contribution in [0.25, 0.3) is 0 Å². The number of carbonyl (C=O) groups excluding carboxylic acids is 1. The summed E-state index contributed by atoms with van der Waals surface area (Å²) in [7, 11) is 0. The van der Waals surface area contributed by atoms with Crippen molar-refractivity contribution in [2.75, 3.05) is 35.6 Å². The quantitative estimate of drug-likeness (QED) is 0.628. The summed E-state index contributed by atoms with van der Waals surface area (Å²) < 4.78 is 5.81. The lowest BCUT2D eigenvalue weighted by atomic mass is 9.85. The van der Waals surface area contributed by atoms with E-state index in [1.807, 2.05) is 0 Å². The van der Waals surface area contributed by atoms with Gasteiger partial charge in [-0.25, -0.2) is 0 Å². The molecule has 3 rings (SSSR count). The van der Waals surface area contributed by atoms with Gasteiger partial charge >= 0.3 is 0 Å². The largest absolute Gasteiger partial charge is 0.383 e. The highest BCUT2D eigenvalue weighted by Gasteiger charge is 2.32. The van der Waals surface area contributed by atoms with E-state index < -0.39 is 0 Å². The fourth-order valence-corrected chi connectivity index (χ4v) is 4.24. The van der Waals surface area contributed by atoms with E-state index in [2.05, 4.69) is 36.1 Å². The SMILES string of the molecule is CCCCNc1nc(N)c2c(n1)N(CCCCC1CCOC(C)(C)C1)C(=O)C2. The topological polar surface area (TPSA) is 93.4 Å². The molecule has 3 N–H and O–H groups in total. The maximum absolute atomic E-state index is 12.5. The number of aromatic nitrogens is 2. The Bertz CT molecular complexity index is 692. The molecule has 0 radical (unpaired) electrons. The molecule has 1 atom stereocenters. The van der Waals surface area contributed by atoms with E-state index >= 15 is 0 Å². The lowest BCUT2D eigenvalue weighted by Gasteiger charge is -2.35. The predicted molar refractivity (Wildman–Crippen MR) is 113 cm³/mol. The normalized spacial score (nSPS) is 21.0. The third-order valence-electron chi connectivity index (χ3n) is 5.76. The maximum Gasteiger partial charge on any atom is 0.232 e. The van der Waals surface area contributed by atoms with Crippen LogP contribution in [0.1, 0.15) is 71.3 Å². The van der Waals surface area contributed by atoms with E-state index in [0.717, 1.165) is 63.2 Å². The molecule has 1 aromatic rings. The van der Waals surface area contributed by atoms with E-state index in [0.29, 0.717) is 30.5 Å². The van der Waals surface area contributed by atoms with Gasteiger partial charge in [-0.1, -0.05) is 26.2 Å². The molecule has 0 aliphatic carbocycles. The van der Waals surface area contributed by atoms with Gasteiger partial charge < -0.3 is 15.8 Å². The second-order valence-corrected chi connectivity index (χ2v) is 8.70. The van der Waals surface area contributed by atoms with Crippen LogP contribution in [0, 0.1) is 5.92 Å². The number of nitrogen functional groups attached to an aromatic ring is 1. The molecular formula is C21H35N5O2. The summed E-state index contributed by atoms with van der Waals surface area (Å²) in [5.41, 5.74) is 6.87. The first kappa shape index (κ1) is 20.8. The number of ether oxygens (including phenoxy) is 1. The Morgan fingerprint density at radius 2 is 2.11 bits per heavy atom. The van der Waals surface area contributed by atoms with Crippen molar-refractivity contribution in [3.05, 3.63) is 5.56 Å². The smallest absolute Gasteiger partial charge is 0.232 e. The summed E-state index contributed by atoms with van der Waals surface area (Å²) in [5, 5.41) is 3.22. The van der Waals surface area contributed by atoms with Crippen LogP contribution < -0.4 is 16.0 Å². The van der Waals surface area contributed by atoms with Crippen molar-refractivity contribution in [3.8, 4) is 0 Å².